The number of benzene rings is 2. The standard InChI is InChI=1S/C14H10ClNO5/c1-21-14(18)9-4-2-3-8(5-9)11-6-10(15)7-12(13(11)17)16(19)20/h2-7,17H,1H3. The number of halogens is 1. The molecule has 7 heteroatoms. The summed E-state index contributed by atoms with van der Waals surface area (Å²) in [5, 5.41) is 21.0. The van der Waals surface area contributed by atoms with Gasteiger partial charge < -0.3 is 9.84 Å². The molecule has 2 aromatic carbocycles. The first-order valence-electron chi connectivity index (χ1n) is 5.79. The van der Waals surface area contributed by atoms with Crippen molar-refractivity contribution in [3.05, 3.63) is 57.1 Å². The van der Waals surface area contributed by atoms with E-state index >= 15 is 0 Å². The summed E-state index contributed by atoms with van der Waals surface area (Å²) in [4.78, 5) is 21.7. The second kappa shape index (κ2) is 5.80. The first-order chi connectivity index (χ1) is 9.93. The Hall–Kier alpha value is -2.60. The van der Waals surface area contributed by atoms with E-state index < -0.39 is 22.3 Å². The highest BCUT2D eigenvalue weighted by atomic mass is 35.5. The van der Waals surface area contributed by atoms with Gasteiger partial charge in [0.2, 0.25) is 5.75 Å². The van der Waals surface area contributed by atoms with Gasteiger partial charge in [-0.25, -0.2) is 4.79 Å². The van der Waals surface area contributed by atoms with Gasteiger partial charge in [-0.15, -0.1) is 0 Å². The minimum Gasteiger partial charge on any atom is -0.502 e. The lowest BCUT2D eigenvalue weighted by molar-refractivity contribution is -0.385. The van der Waals surface area contributed by atoms with Crippen molar-refractivity contribution in [1.29, 1.82) is 0 Å². The highest BCUT2D eigenvalue weighted by Crippen LogP contribution is 2.39. The number of methoxy groups -OCH3 is 1. The van der Waals surface area contributed by atoms with Crippen LogP contribution >= 0.6 is 11.6 Å². The van der Waals surface area contributed by atoms with E-state index in [1.165, 1.54) is 25.3 Å². The average Bonchev–Trinajstić information content (AvgIpc) is 2.48. The second-order valence-electron chi connectivity index (χ2n) is 4.15. The number of rotatable bonds is 3. The van der Waals surface area contributed by atoms with E-state index in [1.54, 1.807) is 12.1 Å². The largest absolute Gasteiger partial charge is 0.502 e. The molecule has 108 valence electrons. The molecule has 0 radical (unpaired) electrons. The molecule has 0 bridgehead atoms. The molecule has 6 nitrogen and oxygen atoms in total. The van der Waals surface area contributed by atoms with Gasteiger partial charge in [-0.3, -0.25) is 10.1 Å². The number of phenolic OH excluding ortho intramolecular Hbond substituents is 1. The average molecular weight is 308 g/mol. The van der Waals surface area contributed by atoms with E-state index in [0.717, 1.165) is 6.07 Å². The number of ether oxygens (including phenoxy) is 1. The number of carbonyl (C=O) groups excluding carboxylic acids is 1. The number of nitro groups is 1. The molecule has 21 heavy (non-hydrogen) atoms. The van der Waals surface area contributed by atoms with Crippen molar-refractivity contribution in [2.45, 2.75) is 0 Å². The minimum atomic E-state index is -0.727. The van der Waals surface area contributed by atoms with E-state index in [1.807, 2.05) is 0 Å². The molecule has 0 aliphatic carbocycles. The predicted molar refractivity (Wildman–Crippen MR) is 76.5 cm³/mol. The molecule has 0 aliphatic heterocycles. The van der Waals surface area contributed by atoms with Crippen molar-refractivity contribution >= 4 is 23.3 Å². The molecule has 0 saturated carbocycles. The monoisotopic (exact) mass is 307 g/mol. The number of carbonyl (C=O) groups is 1. The molecule has 1 N–H and O–H groups in total. The van der Waals surface area contributed by atoms with Gasteiger partial charge in [-0.1, -0.05) is 23.7 Å². The molecule has 0 aliphatic rings. The zero-order valence-corrected chi connectivity index (χ0v) is 11.6. The third kappa shape index (κ3) is 2.95. The maximum atomic E-state index is 11.5. The Bertz CT molecular complexity index is 729. The summed E-state index contributed by atoms with van der Waals surface area (Å²) < 4.78 is 4.61. The summed E-state index contributed by atoms with van der Waals surface area (Å²) in [6.45, 7) is 0. The molecule has 2 rings (SSSR count). The van der Waals surface area contributed by atoms with Crippen molar-refractivity contribution in [2.75, 3.05) is 7.11 Å². The topological polar surface area (TPSA) is 89.7 Å². The summed E-state index contributed by atoms with van der Waals surface area (Å²) in [5.41, 5.74) is 0.346. The Morgan fingerprint density at radius 3 is 2.67 bits per heavy atom. The molecule has 0 spiro atoms. The quantitative estimate of drug-likeness (QED) is 0.533. The fourth-order valence-electron chi connectivity index (χ4n) is 1.88. The van der Waals surface area contributed by atoms with Crippen LogP contribution in [0.25, 0.3) is 11.1 Å². The summed E-state index contributed by atoms with van der Waals surface area (Å²) in [5.74, 6) is -1.06. The van der Waals surface area contributed by atoms with Gasteiger partial charge in [-0.2, -0.15) is 0 Å². The summed E-state index contributed by atoms with van der Waals surface area (Å²) in [6.07, 6.45) is 0. The Balaban J connectivity index is 2.62. The van der Waals surface area contributed by atoms with Crippen LogP contribution in [-0.4, -0.2) is 23.1 Å². The van der Waals surface area contributed by atoms with Gasteiger partial charge in [0.15, 0.2) is 0 Å². The number of phenols is 1. The van der Waals surface area contributed by atoms with Crippen LogP contribution in [0.3, 0.4) is 0 Å². The molecule has 2 aromatic rings. The normalized spacial score (nSPS) is 10.2. The molecule has 0 fully saturated rings. The number of hydrogen-bond acceptors (Lipinski definition) is 5. The Morgan fingerprint density at radius 1 is 1.33 bits per heavy atom. The second-order valence-corrected chi connectivity index (χ2v) is 4.59. The zero-order chi connectivity index (χ0) is 15.6. The van der Waals surface area contributed by atoms with Gasteiger partial charge in [0, 0.05) is 16.7 Å². The Kier molecular flexibility index (Phi) is 4.09. The third-order valence-corrected chi connectivity index (χ3v) is 3.06. The van der Waals surface area contributed by atoms with Gasteiger partial charge in [-0.05, 0) is 23.8 Å². The highest BCUT2D eigenvalue weighted by Gasteiger charge is 2.20. The minimum absolute atomic E-state index is 0.109. The van der Waals surface area contributed by atoms with Crippen LogP contribution in [0.1, 0.15) is 10.4 Å². The maximum Gasteiger partial charge on any atom is 0.337 e. The Morgan fingerprint density at radius 2 is 2.05 bits per heavy atom. The van der Waals surface area contributed by atoms with Crippen molar-refractivity contribution < 1.29 is 19.6 Å². The van der Waals surface area contributed by atoms with Gasteiger partial charge in [0.1, 0.15) is 0 Å². The fraction of sp³-hybridized carbons (Fsp3) is 0.0714. The van der Waals surface area contributed by atoms with Crippen LogP contribution < -0.4 is 0 Å². The summed E-state index contributed by atoms with van der Waals surface area (Å²) in [7, 11) is 1.25. The van der Waals surface area contributed by atoms with Crippen LogP contribution in [0.15, 0.2) is 36.4 Å². The van der Waals surface area contributed by atoms with Crippen LogP contribution in [0.4, 0.5) is 5.69 Å². The van der Waals surface area contributed by atoms with Crippen LogP contribution in [0.2, 0.25) is 5.02 Å². The van der Waals surface area contributed by atoms with Crippen molar-refractivity contribution in [2.24, 2.45) is 0 Å². The summed E-state index contributed by atoms with van der Waals surface area (Å²) in [6, 6.07) is 8.62. The maximum absolute atomic E-state index is 11.5. The van der Waals surface area contributed by atoms with E-state index in [4.69, 9.17) is 11.6 Å². The highest BCUT2D eigenvalue weighted by molar-refractivity contribution is 6.31. The van der Waals surface area contributed by atoms with Crippen molar-refractivity contribution in [3.63, 3.8) is 0 Å². The smallest absolute Gasteiger partial charge is 0.337 e. The molecule has 0 amide bonds. The molecular weight excluding hydrogens is 298 g/mol. The molecule has 0 saturated heterocycles. The SMILES string of the molecule is COC(=O)c1cccc(-c2cc(Cl)cc([N+](=O)[O-])c2O)c1. The number of aromatic hydroxyl groups is 1. The van der Waals surface area contributed by atoms with Crippen LogP contribution in [-0.2, 0) is 4.74 Å². The van der Waals surface area contributed by atoms with Gasteiger partial charge in [0.25, 0.3) is 0 Å². The lowest BCUT2D eigenvalue weighted by atomic mass is 10.0. The first kappa shape index (κ1) is 14.8. The van der Waals surface area contributed by atoms with Crippen molar-refractivity contribution in [1.82, 2.24) is 0 Å². The third-order valence-electron chi connectivity index (χ3n) is 2.85. The van der Waals surface area contributed by atoms with E-state index in [2.05, 4.69) is 4.74 Å². The fourth-order valence-corrected chi connectivity index (χ4v) is 2.09. The number of nitro benzene ring substituents is 1. The molecule has 0 atom stereocenters. The predicted octanol–water partition coefficient (Wildman–Crippen LogP) is 3.41. The molecule has 0 unspecified atom stereocenters. The van der Waals surface area contributed by atoms with E-state index in [-0.39, 0.29) is 16.1 Å². The van der Waals surface area contributed by atoms with Crippen LogP contribution in [0, 0.1) is 10.1 Å². The number of hydrogen-bond donors (Lipinski definition) is 1. The molecule has 0 aromatic heterocycles. The van der Waals surface area contributed by atoms with E-state index in [0.29, 0.717) is 5.56 Å². The van der Waals surface area contributed by atoms with Gasteiger partial charge in [0.05, 0.1) is 17.6 Å². The van der Waals surface area contributed by atoms with E-state index in [9.17, 15) is 20.0 Å². The van der Waals surface area contributed by atoms with Crippen LogP contribution in [0.5, 0.6) is 5.75 Å². The number of esters is 1. The Labute approximate surface area is 124 Å². The zero-order valence-electron chi connectivity index (χ0n) is 10.9. The summed E-state index contributed by atoms with van der Waals surface area (Å²) >= 11 is 5.84. The van der Waals surface area contributed by atoms with Crippen molar-refractivity contribution in [3.8, 4) is 16.9 Å². The first-order valence-corrected chi connectivity index (χ1v) is 6.17. The van der Waals surface area contributed by atoms with Gasteiger partial charge >= 0.3 is 11.7 Å². The lowest BCUT2D eigenvalue weighted by Crippen LogP contribution is -2.00. The molecular formula is C14H10ClNO5. The number of nitrogens with zero attached hydrogens (tertiary/aromatic N) is 1. The molecule has 0 heterocycles. The lowest BCUT2D eigenvalue weighted by Gasteiger charge is -2.08.